The average molecular weight is 409 g/mol. The van der Waals surface area contributed by atoms with E-state index in [4.69, 9.17) is 10.5 Å². The number of aromatic amines is 1. The topological polar surface area (TPSA) is 102 Å². The maximum absolute atomic E-state index is 12.6. The van der Waals surface area contributed by atoms with Crippen molar-refractivity contribution in [1.29, 1.82) is 0 Å². The maximum Gasteiger partial charge on any atom is 0.328 e. The van der Waals surface area contributed by atoms with Crippen molar-refractivity contribution in [3.63, 3.8) is 0 Å². The zero-order chi connectivity index (χ0) is 20.5. The van der Waals surface area contributed by atoms with Crippen LogP contribution >= 0.6 is 0 Å². The summed E-state index contributed by atoms with van der Waals surface area (Å²) in [7, 11) is 0. The van der Waals surface area contributed by atoms with Gasteiger partial charge < -0.3 is 15.5 Å². The highest BCUT2D eigenvalue weighted by Gasteiger charge is 2.20. The van der Waals surface area contributed by atoms with Crippen molar-refractivity contribution in [2.24, 2.45) is 0 Å². The molecule has 8 heteroatoms. The van der Waals surface area contributed by atoms with E-state index in [-0.39, 0.29) is 23.6 Å². The summed E-state index contributed by atoms with van der Waals surface area (Å²) in [6, 6.07) is 8.66. The van der Waals surface area contributed by atoms with E-state index in [1.54, 1.807) is 4.57 Å². The van der Waals surface area contributed by atoms with E-state index >= 15 is 0 Å². The molecule has 1 aromatic carbocycles. The molecule has 8 nitrogen and oxygen atoms in total. The Balaban J connectivity index is 1.42. The van der Waals surface area contributed by atoms with Crippen molar-refractivity contribution in [2.75, 3.05) is 18.8 Å². The van der Waals surface area contributed by atoms with Crippen LogP contribution in [0, 0.1) is 0 Å². The summed E-state index contributed by atoms with van der Waals surface area (Å²) in [5.74, 6) is 0.242. The van der Waals surface area contributed by atoms with E-state index in [2.05, 4.69) is 38.1 Å². The van der Waals surface area contributed by atoms with Crippen molar-refractivity contribution in [3.05, 3.63) is 45.9 Å². The van der Waals surface area contributed by atoms with Gasteiger partial charge in [-0.1, -0.05) is 24.3 Å². The first-order chi connectivity index (χ1) is 14.7. The number of hydrogen-bond acceptors (Lipinski definition) is 6. The summed E-state index contributed by atoms with van der Waals surface area (Å²) in [4.78, 5) is 26.7. The number of H-pyrrole nitrogens is 1. The van der Waals surface area contributed by atoms with Gasteiger partial charge in [-0.3, -0.25) is 9.47 Å². The molecule has 0 atom stereocenters. The van der Waals surface area contributed by atoms with Crippen LogP contribution in [-0.2, 0) is 13.1 Å². The number of aromatic nitrogens is 4. The first-order valence-electron chi connectivity index (χ1n) is 10.9. The molecule has 3 N–H and O–H groups in total. The van der Waals surface area contributed by atoms with E-state index in [1.165, 1.54) is 18.4 Å². The predicted octanol–water partition coefficient (Wildman–Crippen LogP) is 2.67. The Hall–Kier alpha value is -2.87. The molecule has 0 radical (unpaired) electrons. The van der Waals surface area contributed by atoms with Crippen LogP contribution in [0.1, 0.15) is 49.7 Å². The second kappa shape index (κ2) is 8.10. The molecule has 3 aromatic rings. The van der Waals surface area contributed by atoms with Gasteiger partial charge in [-0.25, -0.2) is 4.79 Å². The number of likely N-dealkylation sites (tertiary alicyclic amines) is 1. The number of fused-ring (bicyclic) bond motifs is 1. The van der Waals surface area contributed by atoms with Crippen LogP contribution in [0.25, 0.3) is 11.2 Å². The Morgan fingerprint density at radius 3 is 2.57 bits per heavy atom. The summed E-state index contributed by atoms with van der Waals surface area (Å²) >= 11 is 0. The molecule has 2 aliphatic rings. The molecule has 0 amide bonds. The van der Waals surface area contributed by atoms with Crippen LogP contribution in [0.4, 0.5) is 5.82 Å². The minimum atomic E-state index is -0.242. The van der Waals surface area contributed by atoms with Crippen LogP contribution in [0.5, 0.6) is 6.01 Å². The molecule has 30 heavy (non-hydrogen) atoms. The minimum Gasteiger partial charge on any atom is -0.460 e. The van der Waals surface area contributed by atoms with Gasteiger partial charge in [0.05, 0.1) is 6.54 Å². The fourth-order valence-electron chi connectivity index (χ4n) is 4.59. The van der Waals surface area contributed by atoms with E-state index in [1.807, 2.05) is 6.07 Å². The van der Waals surface area contributed by atoms with Crippen molar-refractivity contribution >= 4 is 17.0 Å². The fourth-order valence-corrected chi connectivity index (χ4v) is 4.59. The van der Waals surface area contributed by atoms with Crippen molar-refractivity contribution in [2.45, 2.75) is 57.7 Å². The molecule has 1 saturated carbocycles. The Morgan fingerprint density at radius 1 is 1.07 bits per heavy atom. The monoisotopic (exact) mass is 408 g/mol. The molecule has 0 spiro atoms. The van der Waals surface area contributed by atoms with Crippen LogP contribution in [0.3, 0.4) is 0 Å². The fraction of sp³-hybridized carbons (Fsp3) is 0.500. The Morgan fingerprint density at radius 2 is 1.80 bits per heavy atom. The molecule has 3 heterocycles. The molecule has 158 valence electrons. The zero-order valence-corrected chi connectivity index (χ0v) is 17.1. The second-order valence-corrected chi connectivity index (χ2v) is 8.43. The first-order valence-corrected chi connectivity index (χ1v) is 10.9. The van der Waals surface area contributed by atoms with Gasteiger partial charge in [0.1, 0.15) is 11.6 Å². The van der Waals surface area contributed by atoms with Gasteiger partial charge in [0.2, 0.25) is 0 Å². The van der Waals surface area contributed by atoms with Crippen molar-refractivity contribution < 1.29 is 4.74 Å². The zero-order valence-electron chi connectivity index (χ0n) is 17.1. The van der Waals surface area contributed by atoms with Gasteiger partial charge in [-0.15, -0.1) is 0 Å². The Bertz CT molecular complexity index is 1090. The summed E-state index contributed by atoms with van der Waals surface area (Å²) < 4.78 is 7.55. The van der Waals surface area contributed by atoms with Crippen LogP contribution in [0.2, 0.25) is 0 Å². The molecule has 0 unspecified atom stereocenters. The number of nitrogens with two attached hydrogens (primary N) is 1. The standard InChI is InChI=1S/C22H28N6O2/c23-19-18-20(26-21(25-19)30-17-8-1-2-9-17)28(22(29)24-18)14-16-7-5-6-15(12-16)13-27-10-3-4-11-27/h5-7,12,17H,1-4,8-11,13-14H2,(H,24,29)(H2,23,25,26). The quantitative estimate of drug-likeness (QED) is 0.650. The van der Waals surface area contributed by atoms with E-state index < -0.39 is 0 Å². The molecule has 1 aliphatic heterocycles. The molecule has 2 aromatic heterocycles. The van der Waals surface area contributed by atoms with Gasteiger partial charge in [-0.2, -0.15) is 9.97 Å². The third-order valence-corrected chi connectivity index (χ3v) is 6.14. The first kappa shape index (κ1) is 19.1. The Kier molecular flexibility index (Phi) is 5.16. The summed E-state index contributed by atoms with van der Waals surface area (Å²) in [5.41, 5.74) is 9.14. The molecular formula is C22H28N6O2. The number of nitrogens with zero attached hydrogens (tertiary/aromatic N) is 4. The highest BCUT2D eigenvalue weighted by Crippen LogP contribution is 2.25. The SMILES string of the molecule is Nc1nc(OC2CCCC2)nc2c1[nH]c(=O)n2Cc1cccc(CN2CCCC2)c1. The summed E-state index contributed by atoms with van der Waals surface area (Å²) in [6.45, 7) is 3.69. The van der Waals surface area contributed by atoms with Crippen LogP contribution < -0.4 is 16.2 Å². The number of nitrogen functional groups attached to an aromatic ring is 1. The lowest BCUT2D eigenvalue weighted by atomic mass is 10.1. The lowest BCUT2D eigenvalue weighted by molar-refractivity contribution is 0.193. The number of nitrogens with one attached hydrogen (secondary N) is 1. The molecule has 0 bridgehead atoms. The molecule has 2 fully saturated rings. The lowest BCUT2D eigenvalue weighted by Gasteiger charge is -2.15. The highest BCUT2D eigenvalue weighted by atomic mass is 16.5. The second-order valence-electron chi connectivity index (χ2n) is 8.43. The van der Waals surface area contributed by atoms with Gasteiger partial charge in [-0.05, 0) is 62.7 Å². The molecule has 5 rings (SSSR count). The van der Waals surface area contributed by atoms with E-state index in [9.17, 15) is 4.79 Å². The van der Waals surface area contributed by atoms with E-state index in [0.717, 1.165) is 50.9 Å². The van der Waals surface area contributed by atoms with Crippen LogP contribution in [0.15, 0.2) is 29.1 Å². The average Bonchev–Trinajstić information content (AvgIpc) is 3.47. The molecule has 1 saturated heterocycles. The van der Waals surface area contributed by atoms with E-state index in [0.29, 0.717) is 17.7 Å². The smallest absolute Gasteiger partial charge is 0.328 e. The number of anilines is 1. The lowest BCUT2D eigenvalue weighted by Crippen LogP contribution is -2.19. The normalized spacial score (nSPS) is 17.9. The largest absolute Gasteiger partial charge is 0.460 e. The number of hydrogen-bond donors (Lipinski definition) is 2. The van der Waals surface area contributed by atoms with Gasteiger partial charge in [0.15, 0.2) is 11.5 Å². The van der Waals surface area contributed by atoms with Gasteiger partial charge in [0.25, 0.3) is 0 Å². The predicted molar refractivity (Wildman–Crippen MR) is 116 cm³/mol. The number of rotatable bonds is 6. The molecular weight excluding hydrogens is 380 g/mol. The third kappa shape index (κ3) is 3.92. The van der Waals surface area contributed by atoms with Gasteiger partial charge in [0, 0.05) is 6.54 Å². The summed E-state index contributed by atoms with van der Waals surface area (Å²) in [6.07, 6.45) is 7.00. The highest BCUT2D eigenvalue weighted by molar-refractivity contribution is 5.81. The van der Waals surface area contributed by atoms with Crippen LogP contribution in [-0.4, -0.2) is 43.6 Å². The Labute approximate surface area is 175 Å². The maximum atomic E-state index is 12.6. The summed E-state index contributed by atoms with van der Waals surface area (Å²) in [5, 5.41) is 0. The number of benzene rings is 1. The van der Waals surface area contributed by atoms with Gasteiger partial charge >= 0.3 is 11.7 Å². The van der Waals surface area contributed by atoms with Crippen molar-refractivity contribution in [3.8, 4) is 6.01 Å². The molecule has 1 aliphatic carbocycles. The third-order valence-electron chi connectivity index (χ3n) is 6.14. The number of imidazole rings is 1. The minimum absolute atomic E-state index is 0.128. The van der Waals surface area contributed by atoms with Crippen molar-refractivity contribution in [1.82, 2.24) is 24.4 Å². The number of ether oxygens (including phenoxy) is 1.